The number of nitrogens with one attached hydrogen (secondary N) is 1. The van der Waals surface area contributed by atoms with Gasteiger partial charge in [-0.3, -0.25) is 0 Å². The van der Waals surface area contributed by atoms with Gasteiger partial charge in [0.1, 0.15) is 11.8 Å². The lowest BCUT2D eigenvalue weighted by atomic mass is 10.2. The fourth-order valence-corrected chi connectivity index (χ4v) is 3.23. The predicted molar refractivity (Wildman–Crippen MR) is 82.5 cm³/mol. The Bertz CT molecular complexity index is 555. The summed E-state index contributed by atoms with van der Waals surface area (Å²) < 4.78 is 5.15. The van der Waals surface area contributed by atoms with Crippen molar-refractivity contribution >= 4 is 41.1 Å². The SMILES string of the molecule is COc1ccc(Cl)cc1NC(=O)N1CCSCC1C(=O)O. The number of carboxylic acid groups (broad SMARTS) is 1. The number of rotatable bonds is 3. The largest absolute Gasteiger partial charge is 0.495 e. The van der Waals surface area contributed by atoms with E-state index < -0.39 is 18.0 Å². The van der Waals surface area contributed by atoms with Gasteiger partial charge in [-0.05, 0) is 18.2 Å². The monoisotopic (exact) mass is 330 g/mol. The number of nitrogens with zero attached hydrogens (tertiary/aromatic N) is 1. The van der Waals surface area contributed by atoms with E-state index in [1.807, 2.05) is 0 Å². The summed E-state index contributed by atoms with van der Waals surface area (Å²) in [7, 11) is 1.48. The summed E-state index contributed by atoms with van der Waals surface area (Å²) in [5.41, 5.74) is 0.414. The molecule has 1 aromatic carbocycles. The second-order valence-corrected chi connectivity index (χ2v) is 5.98. The van der Waals surface area contributed by atoms with E-state index in [0.717, 1.165) is 0 Å². The molecule has 114 valence electrons. The third-order valence-corrected chi connectivity index (χ3v) is 4.34. The number of carboxylic acids is 1. The molecule has 1 atom stereocenters. The first kappa shape index (κ1) is 15.8. The highest BCUT2D eigenvalue weighted by molar-refractivity contribution is 7.99. The van der Waals surface area contributed by atoms with Gasteiger partial charge >= 0.3 is 12.0 Å². The minimum Gasteiger partial charge on any atom is -0.495 e. The molecule has 1 unspecified atom stereocenters. The van der Waals surface area contributed by atoms with Gasteiger partial charge in [0, 0.05) is 23.1 Å². The first-order chi connectivity index (χ1) is 10.0. The molecule has 0 saturated carbocycles. The van der Waals surface area contributed by atoms with E-state index in [1.165, 1.54) is 23.8 Å². The van der Waals surface area contributed by atoms with Crippen LogP contribution in [-0.2, 0) is 4.79 Å². The Labute approximate surface area is 131 Å². The highest BCUT2D eigenvalue weighted by Crippen LogP contribution is 2.28. The zero-order chi connectivity index (χ0) is 15.4. The molecule has 0 aliphatic carbocycles. The van der Waals surface area contributed by atoms with Crippen LogP contribution in [0, 0.1) is 0 Å². The van der Waals surface area contributed by atoms with Crippen molar-refractivity contribution in [3.63, 3.8) is 0 Å². The number of hydrogen-bond donors (Lipinski definition) is 2. The number of amides is 2. The molecule has 1 fully saturated rings. The topological polar surface area (TPSA) is 78.9 Å². The summed E-state index contributed by atoms with van der Waals surface area (Å²) in [5, 5.41) is 12.3. The average Bonchev–Trinajstić information content (AvgIpc) is 2.47. The Kier molecular flexibility index (Phi) is 5.19. The zero-order valence-electron chi connectivity index (χ0n) is 11.3. The predicted octanol–water partition coefficient (Wildman–Crippen LogP) is 2.38. The van der Waals surface area contributed by atoms with E-state index in [4.69, 9.17) is 16.3 Å². The molecule has 1 aromatic rings. The molecule has 0 spiro atoms. The molecule has 0 radical (unpaired) electrons. The van der Waals surface area contributed by atoms with Crippen LogP contribution in [0.4, 0.5) is 10.5 Å². The molecule has 21 heavy (non-hydrogen) atoms. The second-order valence-electron chi connectivity index (χ2n) is 4.40. The number of carbonyl (C=O) groups excluding carboxylic acids is 1. The summed E-state index contributed by atoms with van der Waals surface area (Å²) in [6.45, 7) is 0.385. The van der Waals surface area contributed by atoms with Crippen LogP contribution in [0.3, 0.4) is 0 Å². The Morgan fingerprint density at radius 3 is 2.95 bits per heavy atom. The van der Waals surface area contributed by atoms with Gasteiger partial charge in [-0.25, -0.2) is 9.59 Å². The van der Waals surface area contributed by atoms with Crippen LogP contribution < -0.4 is 10.1 Å². The quantitative estimate of drug-likeness (QED) is 0.889. The number of thioether (sulfide) groups is 1. The van der Waals surface area contributed by atoms with Crippen molar-refractivity contribution < 1.29 is 19.4 Å². The number of carbonyl (C=O) groups is 2. The van der Waals surface area contributed by atoms with Gasteiger partial charge in [-0.15, -0.1) is 0 Å². The Balaban J connectivity index is 2.16. The van der Waals surface area contributed by atoms with Gasteiger partial charge in [0.05, 0.1) is 12.8 Å². The molecule has 1 aliphatic rings. The van der Waals surface area contributed by atoms with Crippen molar-refractivity contribution in [1.29, 1.82) is 0 Å². The molecule has 2 N–H and O–H groups in total. The molecule has 2 rings (SSSR count). The number of halogens is 1. The fourth-order valence-electron chi connectivity index (χ4n) is 2.02. The molecule has 8 heteroatoms. The first-order valence-electron chi connectivity index (χ1n) is 6.24. The Morgan fingerprint density at radius 2 is 2.29 bits per heavy atom. The van der Waals surface area contributed by atoms with Crippen molar-refractivity contribution in [2.45, 2.75) is 6.04 Å². The van der Waals surface area contributed by atoms with Gasteiger partial charge in [0.15, 0.2) is 0 Å². The molecule has 2 amide bonds. The normalized spacial score (nSPS) is 18.2. The van der Waals surface area contributed by atoms with Crippen LogP contribution in [-0.4, -0.2) is 53.2 Å². The maximum absolute atomic E-state index is 12.3. The van der Waals surface area contributed by atoms with Crippen molar-refractivity contribution in [2.75, 3.05) is 30.5 Å². The number of methoxy groups -OCH3 is 1. The highest BCUT2D eigenvalue weighted by Gasteiger charge is 2.32. The summed E-state index contributed by atoms with van der Waals surface area (Å²) >= 11 is 7.42. The van der Waals surface area contributed by atoms with Crippen molar-refractivity contribution in [2.24, 2.45) is 0 Å². The Morgan fingerprint density at radius 1 is 1.52 bits per heavy atom. The molecule has 1 aliphatic heterocycles. The van der Waals surface area contributed by atoms with Crippen LogP contribution in [0.5, 0.6) is 5.75 Å². The lowest BCUT2D eigenvalue weighted by Gasteiger charge is -2.32. The summed E-state index contributed by atoms with van der Waals surface area (Å²) in [6.07, 6.45) is 0. The van der Waals surface area contributed by atoms with Crippen molar-refractivity contribution in [3.8, 4) is 5.75 Å². The highest BCUT2D eigenvalue weighted by atomic mass is 35.5. The van der Waals surface area contributed by atoms with E-state index in [1.54, 1.807) is 18.2 Å². The van der Waals surface area contributed by atoms with E-state index in [0.29, 0.717) is 34.5 Å². The lowest BCUT2D eigenvalue weighted by Crippen LogP contribution is -2.51. The lowest BCUT2D eigenvalue weighted by molar-refractivity contribution is -0.141. The van der Waals surface area contributed by atoms with E-state index in [9.17, 15) is 14.7 Å². The number of anilines is 1. The van der Waals surface area contributed by atoms with Gasteiger partial charge in [-0.1, -0.05) is 11.6 Å². The average molecular weight is 331 g/mol. The fraction of sp³-hybridized carbons (Fsp3) is 0.385. The number of ether oxygens (including phenoxy) is 1. The molecule has 1 heterocycles. The third-order valence-electron chi connectivity index (χ3n) is 3.08. The molecule has 1 saturated heterocycles. The van der Waals surface area contributed by atoms with Crippen LogP contribution in [0.25, 0.3) is 0 Å². The van der Waals surface area contributed by atoms with E-state index >= 15 is 0 Å². The molecular formula is C13H15ClN2O4S. The van der Waals surface area contributed by atoms with Gasteiger partial charge in [-0.2, -0.15) is 11.8 Å². The number of aliphatic carboxylic acids is 1. The molecule has 0 bridgehead atoms. The third kappa shape index (κ3) is 3.74. The number of hydrogen-bond acceptors (Lipinski definition) is 4. The first-order valence-corrected chi connectivity index (χ1v) is 7.78. The summed E-state index contributed by atoms with van der Waals surface area (Å²) in [6, 6.07) is 3.55. The van der Waals surface area contributed by atoms with Crippen molar-refractivity contribution in [1.82, 2.24) is 4.90 Å². The van der Waals surface area contributed by atoms with Crippen LogP contribution in [0.15, 0.2) is 18.2 Å². The number of urea groups is 1. The van der Waals surface area contributed by atoms with E-state index in [2.05, 4.69) is 5.32 Å². The smallest absolute Gasteiger partial charge is 0.327 e. The molecule has 6 nitrogen and oxygen atoms in total. The van der Waals surface area contributed by atoms with Gasteiger partial charge in [0.25, 0.3) is 0 Å². The van der Waals surface area contributed by atoms with Gasteiger partial charge in [0.2, 0.25) is 0 Å². The maximum atomic E-state index is 12.3. The maximum Gasteiger partial charge on any atom is 0.327 e. The standard InChI is InChI=1S/C13H15ClN2O4S/c1-20-11-3-2-8(14)6-9(11)15-13(19)16-4-5-21-7-10(16)12(17)18/h2-3,6,10H,4-5,7H2,1H3,(H,15,19)(H,17,18). The molecule has 0 aromatic heterocycles. The second kappa shape index (κ2) is 6.91. The van der Waals surface area contributed by atoms with Crippen molar-refractivity contribution in [3.05, 3.63) is 23.2 Å². The van der Waals surface area contributed by atoms with E-state index in [-0.39, 0.29) is 0 Å². The zero-order valence-corrected chi connectivity index (χ0v) is 12.9. The van der Waals surface area contributed by atoms with Gasteiger partial charge < -0.3 is 20.1 Å². The Hall–Kier alpha value is -1.60. The summed E-state index contributed by atoms with van der Waals surface area (Å²) in [4.78, 5) is 24.8. The van der Waals surface area contributed by atoms with Crippen LogP contribution in [0.2, 0.25) is 5.02 Å². The van der Waals surface area contributed by atoms with Crippen LogP contribution in [0.1, 0.15) is 0 Å². The minimum atomic E-state index is -1.00. The van der Waals surface area contributed by atoms with Crippen LogP contribution >= 0.6 is 23.4 Å². The minimum absolute atomic E-state index is 0.384. The molecular weight excluding hydrogens is 316 g/mol. The number of benzene rings is 1. The summed E-state index contributed by atoms with van der Waals surface area (Å²) in [5.74, 6) is 0.556.